The summed E-state index contributed by atoms with van der Waals surface area (Å²) in [6.07, 6.45) is 6.22. The van der Waals surface area contributed by atoms with Crippen molar-refractivity contribution in [3.63, 3.8) is 0 Å². The highest BCUT2D eigenvalue weighted by atomic mass is 32.1. The van der Waals surface area contributed by atoms with Crippen molar-refractivity contribution in [2.75, 3.05) is 41.8 Å². The Balaban J connectivity index is 1.91. The third kappa shape index (κ3) is 3.83. The summed E-state index contributed by atoms with van der Waals surface area (Å²) in [5.74, 6) is 2.60. The third-order valence-corrected chi connectivity index (χ3v) is 4.98. The Hall–Kier alpha value is -1.63. The van der Waals surface area contributed by atoms with Crippen molar-refractivity contribution in [1.29, 1.82) is 0 Å². The van der Waals surface area contributed by atoms with Crippen LogP contribution in [0.25, 0.3) is 0 Å². The van der Waals surface area contributed by atoms with Gasteiger partial charge in [0.2, 0.25) is 5.95 Å². The predicted octanol–water partition coefficient (Wildman–Crippen LogP) is 2.37. The number of hydrogen-bond acceptors (Lipinski definition) is 5. The van der Waals surface area contributed by atoms with Gasteiger partial charge in [0.25, 0.3) is 0 Å². The van der Waals surface area contributed by atoms with Gasteiger partial charge in [0.05, 0.1) is 0 Å². The zero-order valence-corrected chi connectivity index (χ0v) is 14.8. The van der Waals surface area contributed by atoms with Gasteiger partial charge in [-0.25, -0.2) is 0 Å². The lowest BCUT2D eigenvalue weighted by Gasteiger charge is -2.35. The fourth-order valence-corrected chi connectivity index (χ4v) is 3.43. The number of nitrogens with one attached hydrogen (secondary N) is 2. The fourth-order valence-electron chi connectivity index (χ4n) is 3.34. The van der Waals surface area contributed by atoms with E-state index in [2.05, 4.69) is 38.4 Å². The molecule has 2 saturated heterocycles. The zero-order chi connectivity index (χ0) is 16.2. The topological polar surface area (TPSA) is 56.3 Å². The maximum absolute atomic E-state index is 5.21. The molecule has 0 aromatic carbocycles. The van der Waals surface area contributed by atoms with Crippen molar-refractivity contribution in [3.05, 3.63) is 6.07 Å². The van der Waals surface area contributed by atoms with Gasteiger partial charge in [-0.3, -0.25) is 0 Å². The summed E-state index contributed by atoms with van der Waals surface area (Å²) in [7, 11) is 1.80. The van der Waals surface area contributed by atoms with Gasteiger partial charge < -0.3 is 20.4 Å². The van der Waals surface area contributed by atoms with Crippen LogP contribution in [0.15, 0.2) is 6.07 Å². The van der Waals surface area contributed by atoms with Crippen LogP contribution >= 0.6 is 12.2 Å². The number of thiocarbonyl (C=S) groups is 1. The van der Waals surface area contributed by atoms with Crippen LogP contribution < -0.4 is 20.4 Å². The summed E-state index contributed by atoms with van der Waals surface area (Å²) in [4.78, 5) is 14.1. The first-order chi connectivity index (χ1) is 11.2. The minimum Gasteiger partial charge on any atom is -0.365 e. The molecule has 23 heavy (non-hydrogen) atoms. The van der Waals surface area contributed by atoms with Gasteiger partial charge in [-0.15, -0.1) is 0 Å². The molecule has 126 valence electrons. The maximum Gasteiger partial charge on any atom is 0.232 e. The van der Waals surface area contributed by atoms with Crippen LogP contribution in [-0.2, 0) is 0 Å². The molecule has 2 fully saturated rings. The molecule has 0 saturated carbocycles. The summed E-state index contributed by atoms with van der Waals surface area (Å²) in [5.41, 5.74) is 0. The van der Waals surface area contributed by atoms with Gasteiger partial charge in [-0.2, -0.15) is 9.97 Å². The number of aromatic nitrogens is 2. The van der Waals surface area contributed by atoms with E-state index in [1.54, 1.807) is 7.05 Å². The van der Waals surface area contributed by atoms with Crippen LogP contribution in [0.3, 0.4) is 0 Å². The first kappa shape index (κ1) is 16.2. The summed E-state index contributed by atoms with van der Waals surface area (Å²) < 4.78 is 0. The molecule has 0 radical (unpaired) electrons. The molecule has 0 unspecified atom stereocenters. The second-order valence-corrected chi connectivity index (χ2v) is 6.75. The minimum absolute atomic E-state index is 0.522. The van der Waals surface area contributed by atoms with Gasteiger partial charge in [-0.05, 0) is 51.2 Å². The standard InChI is InChI=1S/C16H26N6S/c1-12-7-3-4-10-22(12)14-11-13(21-8-5-6-9-21)18-15(19-14)20-16(23)17-2/h11-12H,3-10H2,1-2H3,(H2,17,18,19,20,23)/t12-/m0/s1. The highest BCUT2D eigenvalue weighted by Crippen LogP contribution is 2.28. The Bertz CT molecular complexity index is 558. The first-order valence-corrected chi connectivity index (χ1v) is 8.97. The lowest BCUT2D eigenvalue weighted by Crippen LogP contribution is -2.38. The molecular formula is C16H26N6S. The first-order valence-electron chi connectivity index (χ1n) is 8.57. The Morgan fingerprint density at radius 2 is 1.83 bits per heavy atom. The van der Waals surface area contributed by atoms with Crippen LogP contribution in [-0.4, -0.2) is 47.8 Å². The molecule has 0 bridgehead atoms. The van der Waals surface area contributed by atoms with Crippen molar-refractivity contribution in [2.24, 2.45) is 0 Å². The lowest BCUT2D eigenvalue weighted by atomic mass is 10.0. The second-order valence-electron chi connectivity index (χ2n) is 6.34. The summed E-state index contributed by atoms with van der Waals surface area (Å²) in [6.45, 7) is 5.49. The molecule has 0 spiro atoms. The Kier molecular flexibility index (Phi) is 5.15. The van der Waals surface area contributed by atoms with Crippen LogP contribution in [0, 0.1) is 0 Å². The average molecular weight is 334 g/mol. The number of hydrogen-bond donors (Lipinski definition) is 2. The Morgan fingerprint density at radius 1 is 1.13 bits per heavy atom. The molecule has 6 nitrogen and oxygen atoms in total. The Morgan fingerprint density at radius 3 is 2.52 bits per heavy atom. The van der Waals surface area contributed by atoms with Gasteiger partial charge >= 0.3 is 0 Å². The van der Waals surface area contributed by atoms with Crippen LogP contribution in [0.1, 0.15) is 39.0 Å². The van der Waals surface area contributed by atoms with Gasteiger partial charge in [0.15, 0.2) is 5.11 Å². The van der Waals surface area contributed by atoms with Crippen molar-refractivity contribution in [2.45, 2.75) is 45.1 Å². The molecule has 2 aliphatic heterocycles. The average Bonchev–Trinajstić information content (AvgIpc) is 3.09. The molecule has 1 aromatic rings. The summed E-state index contributed by atoms with van der Waals surface area (Å²) in [5, 5.41) is 6.56. The van der Waals surface area contributed by atoms with Crippen LogP contribution in [0.4, 0.5) is 17.6 Å². The number of anilines is 3. The van der Waals surface area contributed by atoms with E-state index in [0.29, 0.717) is 17.1 Å². The quantitative estimate of drug-likeness (QED) is 0.823. The van der Waals surface area contributed by atoms with Gasteiger partial charge in [0, 0.05) is 38.8 Å². The number of nitrogens with zero attached hydrogens (tertiary/aromatic N) is 4. The summed E-state index contributed by atoms with van der Waals surface area (Å²) >= 11 is 5.21. The van der Waals surface area contributed by atoms with E-state index < -0.39 is 0 Å². The molecule has 2 aliphatic rings. The van der Waals surface area contributed by atoms with Gasteiger partial charge in [-0.1, -0.05) is 0 Å². The van der Waals surface area contributed by atoms with Crippen molar-refractivity contribution in [3.8, 4) is 0 Å². The molecule has 3 heterocycles. The van der Waals surface area contributed by atoms with Crippen LogP contribution in [0.5, 0.6) is 0 Å². The third-order valence-electron chi connectivity index (χ3n) is 4.68. The second kappa shape index (κ2) is 7.29. The minimum atomic E-state index is 0.522. The van der Waals surface area contributed by atoms with Crippen molar-refractivity contribution in [1.82, 2.24) is 15.3 Å². The smallest absolute Gasteiger partial charge is 0.232 e. The highest BCUT2D eigenvalue weighted by Gasteiger charge is 2.23. The lowest BCUT2D eigenvalue weighted by molar-refractivity contribution is 0.481. The number of rotatable bonds is 3. The van der Waals surface area contributed by atoms with E-state index in [1.807, 2.05) is 0 Å². The van der Waals surface area contributed by atoms with E-state index in [9.17, 15) is 0 Å². The van der Waals surface area contributed by atoms with Crippen LogP contribution in [0.2, 0.25) is 0 Å². The summed E-state index contributed by atoms with van der Waals surface area (Å²) in [6, 6.07) is 2.66. The molecule has 3 rings (SSSR count). The van der Waals surface area contributed by atoms with E-state index in [-0.39, 0.29) is 0 Å². The van der Waals surface area contributed by atoms with Crippen molar-refractivity contribution < 1.29 is 0 Å². The molecule has 0 aliphatic carbocycles. The molecule has 0 amide bonds. The van der Waals surface area contributed by atoms with E-state index in [0.717, 1.165) is 31.3 Å². The number of piperidine rings is 1. The highest BCUT2D eigenvalue weighted by molar-refractivity contribution is 7.80. The SMILES string of the molecule is CNC(=S)Nc1nc(N2CCCC2)cc(N2CCCC[C@@H]2C)n1. The van der Waals surface area contributed by atoms with Crippen molar-refractivity contribution >= 4 is 34.9 Å². The van der Waals surface area contributed by atoms with E-state index in [1.165, 1.54) is 32.1 Å². The normalized spacial score (nSPS) is 21.4. The predicted molar refractivity (Wildman–Crippen MR) is 99.4 cm³/mol. The van der Waals surface area contributed by atoms with E-state index >= 15 is 0 Å². The van der Waals surface area contributed by atoms with E-state index in [4.69, 9.17) is 17.2 Å². The fraction of sp³-hybridized carbons (Fsp3) is 0.688. The molecule has 1 atom stereocenters. The maximum atomic E-state index is 5.21. The molecular weight excluding hydrogens is 308 g/mol. The molecule has 2 N–H and O–H groups in total. The molecule has 1 aromatic heterocycles. The monoisotopic (exact) mass is 334 g/mol. The van der Waals surface area contributed by atoms with Gasteiger partial charge in [0.1, 0.15) is 11.6 Å². The molecule has 7 heteroatoms. The Labute approximate surface area is 143 Å². The zero-order valence-electron chi connectivity index (χ0n) is 14.0. The largest absolute Gasteiger partial charge is 0.365 e.